The topological polar surface area (TPSA) is 212 Å². The third-order valence-corrected chi connectivity index (χ3v) is 7.12. The van der Waals surface area contributed by atoms with Gasteiger partial charge in [-0.2, -0.15) is 9.78 Å². The number of aromatic nitrogens is 2. The molecule has 1 aliphatic carbocycles. The highest BCUT2D eigenvalue weighted by Crippen LogP contribution is 2.51. The minimum absolute atomic E-state index is 0.0225. The van der Waals surface area contributed by atoms with Crippen LogP contribution in [0, 0.1) is 5.41 Å². The van der Waals surface area contributed by atoms with Gasteiger partial charge in [0.05, 0.1) is 0 Å². The van der Waals surface area contributed by atoms with Crippen molar-refractivity contribution in [2.75, 3.05) is 26.2 Å². The predicted octanol–water partition coefficient (Wildman–Crippen LogP) is -3.13. The second kappa shape index (κ2) is 8.11. The fourth-order valence-corrected chi connectivity index (χ4v) is 5.31. The minimum atomic E-state index is -4.02. The Balaban J connectivity index is 1.26. The highest BCUT2D eigenvalue weighted by atomic mass is 16.9. The summed E-state index contributed by atoms with van der Waals surface area (Å²) < 4.78 is 5.05. The van der Waals surface area contributed by atoms with Crippen molar-refractivity contribution >= 4 is 6.09 Å². The lowest BCUT2D eigenvalue weighted by atomic mass is 9.64. The van der Waals surface area contributed by atoms with Crippen LogP contribution in [0.2, 0.25) is 0 Å². The van der Waals surface area contributed by atoms with E-state index in [2.05, 4.69) is 14.7 Å². The summed E-state index contributed by atoms with van der Waals surface area (Å²) in [5.41, 5.74) is 0.421. The Hall–Kier alpha value is -1.88. The molecule has 3 heterocycles. The van der Waals surface area contributed by atoms with Gasteiger partial charge < -0.3 is 55.4 Å². The SMILES string of the molecule is O=C(OC(O)(O)C(O)(O)O)N1CCC2(CC(N3CCC(c4ccnn4C(O)(O)O)CC3)C2)C1. The van der Waals surface area contributed by atoms with Gasteiger partial charge in [-0.15, -0.1) is 0 Å². The molecule has 8 N–H and O–H groups in total. The number of carbonyl (C=O) groups is 1. The number of aliphatic hydroxyl groups is 8. The first kappa shape index (κ1) is 24.3. The summed E-state index contributed by atoms with van der Waals surface area (Å²) in [4.78, 5) is 15.7. The van der Waals surface area contributed by atoms with Gasteiger partial charge in [-0.1, -0.05) is 0 Å². The molecular weight excluding hydrogens is 444 g/mol. The Morgan fingerprint density at radius 2 is 1.67 bits per heavy atom. The molecule has 14 nitrogen and oxygen atoms in total. The highest BCUT2D eigenvalue weighted by molar-refractivity contribution is 5.68. The molecule has 1 spiro atoms. The van der Waals surface area contributed by atoms with E-state index in [1.54, 1.807) is 6.07 Å². The molecule has 1 saturated carbocycles. The maximum Gasteiger partial charge on any atom is 0.414 e. The average Bonchev–Trinajstić information content (AvgIpc) is 3.33. The van der Waals surface area contributed by atoms with Crippen molar-refractivity contribution in [1.29, 1.82) is 0 Å². The molecule has 33 heavy (non-hydrogen) atoms. The van der Waals surface area contributed by atoms with E-state index in [1.165, 1.54) is 11.1 Å². The van der Waals surface area contributed by atoms with Gasteiger partial charge in [0.2, 0.25) is 0 Å². The van der Waals surface area contributed by atoms with E-state index in [0.717, 1.165) is 43.5 Å². The van der Waals surface area contributed by atoms with Crippen LogP contribution in [0.25, 0.3) is 0 Å². The van der Waals surface area contributed by atoms with Crippen LogP contribution >= 0.6 is 0 Å². The molecule has 2 saturated heterocycles. The summed E-state index contributed by atoms with van der Waals surface area (Å²) in [5.74, 6) is -7.85. The molecule has 3 aliphatic rings. The molecule has 0 aromatic carbocycles. The van der Waals surface area contributed by atoms with Crippen molar-refractivity contribution < 1.29 is 50.4 Å². The maximum atomic E-state index is 12.1. The van der Waals surface area contributed by atoms with Gasteiger partial charge in [0.1, 0.15) is 0 Å². The van der Waals surface area contributed by atoms with Gasteiger partial charge in [-0.25, -0.2) is 4.79 Å². The van der Waals surface area contributed by atoms with Gasteiger partial charge >= 0.3 is 24.1 Å². The van der Waals surface area contributed by atoms with E-state index in [4.69, 9.17) is 15.3 Å². The highest BCUT2D eigenvalue weighted by Gasteiger charge is 2.55. The lowest BCUT2D eigenvalue weighted by Gasteiger charge is -2.51. The number of hydrogen-bond donors (Lipinski definition) is 8. The predicted molar refractivity (Wildman–Crippen MR) is 105 cm³/mol. The van der Waals surface area contributed by atoms with Gasteiger partial charge in [-0.3, -0.25) is 0 Å². The Labute approximate surface area is 188 Å². The molecule has 2 aliphatic heterocycles. The number of carbonyl (C=O) groups excluding carboxylic acids is 1. The summed E-state index contributed by atoms with van der Waals surface area (Å²) in [6, 6.07) is 1.97. The van der Waals surface area contributed by atoms with Crippen molar-refractivity contribution in [2.24, 2.45) is 5.41 Å². The van der Waals surface area contributed by atoms with E-state index >= 15 is 0 Å². The quantitative estimate of drug-likeness (QED) is 0.199. The number of likely N-dealkylation sites (tertiary alicyclic amines) is 2. The average molecular weight is 474 g/mol. The zero-order valence-electron chi connectivity index (χ0n) is 17.9. The zero-order valence-corrected chi connectivity index (χ0v) is 17.9. The normalized spacial score (nSPS) is 27.8. The lowest BCUT2D eigenvalue weighted by Crippen LogP contribution is -2.58. The molecule has 1 aromatic heterocycles. The Kier molecular flexibility index (Phi) is 5.96. The fourth-order valence-electron chi connectivity index (χ4n) is 5.31. The Morgan fingerprint density at radius 3 is 2.24 bits per heavy atom. The molecule has 0 unspecified atom stereocenters. The summed E-state index contributed by atoms with van der Waals surface area (Å²) in [5, 5.41) is 77.4. The van der Waals surface area contributed by atoms with Crippen molar-refractivity contribution in [3.05, 3.63) is 18.0 Å². The van der Waals surface area contributed by atoms with Crippen LogP contribution in [0.1, 0.15) is 43.7 Å². The van der Waals surface area contributed by atoms with Crippen LogP contribution in [-0.4, -0.2) is 111 Å². The largest absolute Gasteiger partial charge is 0.414 e. The third kappa shape index (κ3) is 4.71. The minimum Gasteiger partial charge on any atom is -0.385 e. The number of hydrogen-bond acceptors (Lipinski definition) is 12. The Morgan fingerprint density at radius 1 is 1.03 bits per heavy atom. The molecule has 0 bridgehead atoms. The zero-order chi connectivity index (χ0) is 24.2. The smallest absolute Gasteiger partial charge is 0.385 e. The van der Waals surface area contributed by atoms with Gasteiger partial charge in [-0.05, 0) is 56.7 Å². The standard InChI is InChI=1S/C19H30N4O10/c24-15(33-18(28,29)17(25,26)27)22-8-4-16(11-22)9-13(10-16)21-6-2-12(3-7-21)14-1-5-20-23(14)19(30,31)32/h1,5,12-13,25-32H,2-4,6-11H2. The summed E-state index contributed by atoms with van der Waals surface area (Å²) >= 11 is 0. The van der Waals surface area contributed by atoms with Gasteiger partial charge in [0.25, 0.3) is 0 Å². The van der Waals surface area contributed by atoms with Crippen LogP contribution in [0.4, 0.5) is 4.79 Å². The summed E-state index contributed by atoms with van der Waals surface area (Å²) in [6.07, 6.45) is 1.06. The van der Waals surface area contributed by atoms with Crippen molar-refractivity contribution in [1.82, 2.24) is 19.6 Å². The molecule has 186 valence electrons. The molecule has 14 heteroatoms. The van der Waals surface area contributed by atoms with Gasteiger partial charge in [0.15, 0.2) is 0 Å². The first-order valence-electron chi connectivity index (χ1n) is 10.8. The second-order valence-corrected chi connectivity index (χ2v) is 9.42. The monoisotopic (exact) mass is 474 g/mol. The van der Waals surface area contributed by atoms with E-state index in [-0.39, 0.29) is 11.3 Å². The first-order valence-corrected chi connectivity index (χ1v) is 10.8. The molecule has 1 aromatic rings. The summed E-state index contributed by atoms with van der Waals surface area (Å²) in [7, 11) is 0. The summed E-state index contributed by atoms with van der Waals surface area (Å²) in [6.45, 7) is 2.17. The number of ether oxygens (including phenoxy) is 1. The Bertz CT molecular complexity index is 863. The second-order valence-electron chi connectivity index (χ2n) is 9.42. The first-order chi connectivity index (χ1) is 15.2. The maximum absolute atomic E-state index is 12.1. The van der Waals surface area contributed by atoms with Crippen LogP contribution in [0.5, 0.6) is 0 Å². The molecule has 0 atom stereocenters. The van der Waals surface area contributed by atoms with Gasteiger partial charge in [0, 0.05) is 36.9 Å². The molecular formula is C19H30N4O10. The lowest BCUT2D eigenvalue weighted by molar-refractivity contribution is -0.509. The molecule has 3 fully saturated rings. The molecule has 4 rings (SSSR count). The number of piperidine rings is 1. The van der Waals surface area contributed by atoms with E-state index in [1.807, 2.05) is 0 Å². The van der Waals surface area contributed by atoms with Crippen LogP contribution in [0.15, 0.2) is 12.3 Å². The molecule has 1 amide bonds. The van der Waals surface area contributed by atoms with E-state index in [0.29, 0.717) is 31.2 Å². The number of amides is 1. The van der Waals surface area contributed by atoms with Crippen LogP contribution < -0.4 is 0 Å². The number of rotatable bonds is 5. The number of nitrogens with zero attached hydrogens (tertiary/aromatic N) is 4. The van der Waals surface area contributed by atoms with Crippen molar-refractivity contribution in [3.63, 3.8) is 0 Å². The third-order valence-electron chi connectivity index (χ3n) is 7.12. The fraction of sp³-hybridized carbons (Fsp3) is 0.789. The van der Waals surface area contributed by atoms with Crippen molar-refractivity contribution in [3.8, 4) is 0 Å². The molecule has 0 radical (unpaired) electrons. The van der Waals surface area contributed by atoms with E-state index < -0.39 is 24.1 Å². The van der Waals surface area contributed by atoms with Crippen LogP contribution in [0.3, 0.4) is 0 Å². The van der Waals surface area contributed by atoms with E-state index in [9.17, 15) is 30.3 Å². The van der Waals surface area contributed by atoms with Crippen LogP contribution in [-0.2, 0) is 10.8 Å². The van der Waals surface area contributed by atoms with Crippen molar-refractivity contribution in [2.45, 2.75) is 62.1 Å².